The van der Waals surface area contributed by atoms with Gasteiger partial charge in [0.2, 0.25) is 0 Å². The van der Waals surface area contributed by atoms with Gasteiger partial charge in [-0.1, -0.05) is 32.0 Å². The van der Waals surface area contributed by atoms with Gasteiger partial charge >= 0.3 is 0 Å². The molecule has 0 amide bonds. The fourth-order valence-electron chi connectivity index (χ4n) is 2.14. The van der Waals surface area contributed by atoms with Crippen molar-refractivity contribution < 1.29 is 9.47 Å². The molecule has 1 unspecified atom stereocenters. The summed E-state index contributed by atoms with van der Waals surface area (Å²) in [6.07, 6.45) is 0.158. The molecule has 2 rings (SSSR count). The highest BCUT2D eigenvalue weighted by Crippen LogP contribution is 2.39. The van der Waals surface area contributed by atoms with Gasteiger partial charge in [0.1, 0.15) is 5.75 Å². The normalized spacial score (nSPS) is 26.3. The Hall–Kier alpha value is -1.02. The van der Waals surface area contributed by atoms with Crippen molar-refractivity contribution in [2.45, 2.75) is 46.3 Å². The summed E-state index contributed by atoms with van der Waals surface area (Å²) < 4.78 is 12.2. The first kappa shape index (κ1) is 12.4. The standard InChI is InChI=1S/C15H22O2/c1-11-14(2,3)10-16-13-9-7-6-8-12(13)15(4,5)17-11/h6-9,11H,10H2,1-5H3. The van der Waals surface area contributed by atoms with Crippen LogP contribution in [0.25, 0.3) is 0 Å². The van der Waals surface area contributed by atoms with Crippen LogP contribution in [0.1, 0.15) is 40.2 Å². The Morgan fingerprint density at radius 1 is 1.12 bits per heavy atom. The van der Waals surface area contributed by atoms with Gasteiger partial charge in [0, 0.05) is 11.0 Å². The van der Waals surface area contributed by atoms with Gasteiger partial charge < -0.3 is 9.47 Å². The lowest BCUT2D eigenvalue weighted by atomic mass is 9.86. The maximum absolute atomic E-state index is 6.24. The molecule has 0 spiro atoms. The van der Waals surface area contributed by atoms with Crippen molar-refractivity contribution in [2.24, 2.45) is 5.41 Å². The molecule has 0 saturated heterocycles. The summed E-state index contributed by atoms with van der Waals surface area (Å²) in [6.45, 7) is 11.4. The molecule has 1 heterocycles. The molecule has 1 aliphatic heterocycles. The van der Waals surface area contributed by atoms with Gasteiger partial charge in [0.25, 0.3) is 0 Å². The Kier molecular flexibility index (Phi) is 2.94. The minimum Gasteiger partial charge on any atom is -0.493 e. The molecule has 0 N–H and O–H groups in total. The number of ether oxygens (including phenoxy) is 2. The first-order chi connectivity index (χ1) is 7.83. The average Bonchev–Trinajstić information content (AvgIpc) is 2.25. The maximum Gasteiger partial charge on any atom is 0.125 e. The lowest BCUT2D eigenvalue weighted by molar-refractivity contribution is -0.131. The van der Waals surface area contributed by atoms with E-state index in [1.54, 1.807) is 0 Å². The molecule has 0 radical (unpaired) electrons. The number of rotatable bonds is 0. The quantitative estimate of drug-likeness (QED) is 0.680. The summed E-state index contributed by atoms with van der Waals surface area (Å²) in [5.74, 6) is 0.942. The third-order valence-electron chi connectivity index (χ3n) is 3.71. The van der Waals surface area contributed by atoms with Crippen molar-refractivity contribution in [2.75, 3.05) is 6.61 Å². The second kappa shape index (κ2) is 4.02. The molecule has 0 aromatic heterocycles. The SMILES string of the molecule is CC1OC(C)(C)c2ccccc2OCC1(C)C. The third-order valence-corrected chi connectivity index (χ3v) is 3.71. The highest BCUT2D eigenvalue weighted by molar-refractivity contribution is 5.37. The maximum atomic E-state index is 6.24. The zero-order valence-corrected chi connectivity index (χ0v) is 11.4. The molecular formula is C15H22O2. The fourth-order valence-corrected chi connectivity index (χ4v) is 2.14. The molecule has 1 aromatic rings. The van der Waals surface area contributed by atoms with E-state index in [1.807, 2.05) is 18.2 Å². The summed E-state index contributed by atoms with van der Waals surface area (Å²) in [6, 6.07) is 8.14. The van der Waals surface area contributed by atoms with Crippen LogP contribution in [0.4, 0.5) is 0 Å². The number of para-hydroxylation sites is 1. The van der Waals surface area contributed by atoms with Crippen molar-refractivity contribution >= 4 is 0 Å². The van der Waals surface area contributed by atoms with Crippen molar-refractivity contribution in [1.82, 2.24) is 0 Å². The molecule has 0 fully saturated rings. The first-order valence-electron chi connectivity index (χ1n) is 6.23. The Labute approximate surface area is 104 Å². The van der Waals surface area contributed by atoms with Crippen LogP contribution in [0.15, 0.2) is 24.3 Å². The molecule has 1 atom stereocenters. The molecule has 1 aromatic carbocycles. The summed E-state index contributed by atoms with van der Waals surface area (Å²) in [4.78, 5) is 0. The summed E-state index contributed by atoms with van der Waals surface area (Å²) >= 11 is 0. The molecule has 2 heteroatoms. The fraction of sp³-hybridized carbons (Fsp3) is 0.600. The number of hydrogen-bond acceptors (Lipinski definition) is 2. The Morgan fingerprint density at radius 2 is 1.76 bits per heavy atom. The molecule has 17 heavy (non-hydrogen) atoms. The summed E-state index contributed by atoms with van der Waals surface area (Å²) in [5, 5.41) is 0. The van der Waals surface area contributed by atoms with E-state index < -0.39 is 0 Å². The van der Waals surface area contributed by atoms with Gasteiger partial charge in [0.05, 0.1) is 18.3 Å². The Morgan fingerprint density at radius 3 is 2.47 bits per heavy atom. The topological polar surface area (TPSA) is 18.5 Å². The van der Waals surface area contributed by atoms with Crippen LogP contribution in [0.3, 0.4) is 0 Å². The minimum atomic E-state index is -0.312. The number of hydrogen-bond donors (Lipinski definition) is 0. The van der Waals surface area contributed by atoms with Crippen LogP contribution in [0.2, 0.25) is 0 Å². The van der Waals surface area contributed by atoms with Crippen molar-refractivity contribution in [1.29, 1.82) is 0 Å². The highest BCUT2D eigenvalue weighted by atomic mass is 16.5. The van der Waals surface area contributed by atoms with Crippen LogP contribution < -0.4 is 4.74 Å². The highest BCUT2D eigenvalue weighted by Gasteiger charge is 2.37. The van der Waals surface area contributed by atoms with Gasteiger partial charge in [-0.25, -0.2) is 0 Å². The van der Waals surface area contributed by atoms with Crippen LogP contribution in [-0.4, -0.2) is 12.7 Å². The van der Waals surface area contributed by atoms with E-state index in [1.165, 1.54) is 0 Å². The van der Waals surface area contributed by atoms with E-state index in [0.29, 0.717) is 6.61 Å². The number of benzene rings is 1. The lowest BCUT2D eigenvalue weighted by Gasteiger charge is -2.41. The van der Waals surface area contributed by atoms with E-state index in [9.17, 15) is 0 Å². The molecule has 0 bridgehead atoms. The average molecular weight is 234 g/mol. The second-order valence-electron chi connectivity index (χ2n) is 6.04. The van der Waals surface area contributed by atoms with E-state index in [2.05, 4.69) is 40.7 Å². The number of fused-ring (bicyclic) bond motifs is 1. The zero-order chi connectivity index (χ0) is 12.7. The van der Waals surface area contributed by atoms with E-state index in [4.69, 9.17) is 9.47 Å². The van der Waals surface area contributed by atoms with E-state index >= 15 is 0 Å². The van der Waals surface area contributed by atoms with Crippen LogP contribution >= 0.6 is 0 Å². The lowest BCUT2D eigenvalue weighted by Crippen LogP contribution is -2.42. The molecule has 94 valence electrons. The first-order valence-corrected chi connectivity index (χ1v) is 6.23. The smallest absolute Gasteiger partial charge is 0.125 e. The molecule has 0 aliphatic carbocycles. The van der Waals surface area contributed by atoms with Crippen LogP contribution in [0, 0.1) is 5.41 Å². The predicted octanol–water partition coefficient (Wildman–Crippen LogP) is 3.75. The van der Waals surface area contributed by atoms with E-state index in [-0.39, 0.29) is 17.1 Å². The molecule has 0 saturated carbocycles. The largest absolute Gasteiger partial charge is 0.493 e. The van der Waals surface area contributed by atoms with Crippen LogP contribution in [0.5, 0.6) is 5.75 Å². The molecule has 2 nitrogen and oxygen atoms in total. The Balaban J connectivity index is 2.45. The summed E-state index contributed by atoms with van der Waals surface area (Å²) in [5.41, 5.74) is 0.834. The van der Waals surface area contributed by atoms with E-state index in [0.717, 1.165) is 11.3 Å². The Bertz CT molecular complexity index is 407. The monoisotopic (exact) mass is 234 g/mol. The van der Waals surface area contributed by atoms with Gasteiger partial charge in [-0.05, 0) is 26.8 Å². The van der Waals surface area contributed by atoms with Crippen molar-refractivity contribution in [3.8, 4) is 5.75 Å². The third kappa shape index (κ3) is 2.32. The van der Waals surface area contributed by atoms with Crippen LogP contribution in [-0.2, 0) is 10.3 Å². The van der Waals surface area contributed by atoms with Gasteiger partial charge in [-0.2, -0.15) is 0 Å². The van der Waals surface area contributed by atoms with Crippen molar-refractivity contribution in [3.05, 3.63) is 29.8 Å². The van der Waals surface area contributed by atoms with Crippen molar-refractivity contribution in [3.63, 3.8) is 0 Å². The van der Waals surface area contributed by atoms with Gasteiger partial charge in [-0.3, -0.25) is 0 Å². The minimum absolute atomic E-state index is 0.0187. The van der Waals surface area contributed by atoms with Gasteiger partial charge in [-0.15, -0.1) is 0 Å². The van der Waals surface area contributed by atoms with Gasteiger partial charge in [0.15, 0.2) is 0 Å². The zero-order valence-electron chi connectivity index (χ0n) is 11.4. The predicted molar refractivity (Wildman–Crippen MR) is 69.3 cm³/mol. The molecular weight excluding hydrogens is 212 g/mol. The summed E-state index contributed by atoms with van der Waals surface area (Å²) in [7, 11) is 0. The molecule has 1 aliphatic rings. The second-order valence-corrected chi connectivity index (χ2v) is 6.04.